The van der Waals surface area contributed by atoms with Crippen molar-refractivity contribution in [3.05, 3.63) is 30.3 Å². The molecule has 1 heterocycles. The first-order chi connectivity index (χ1) is 11.1. The van der Waals surface area contributed by atoms with E-state index < -0.39 is 0 Å². The molecule has 1 aromatic carbocycles. The van der Waals surface area contributed by atoms with Gasteiger partial charge >= 0.3 is 0 Å². The van der Waals surface area contributed by atoms with Crippen molar-refractivity contribution in [1.29, 1.82) is 0 Å². The monoisotopic (exact) mass is 322 g/mol. The minimum Gasteiger partial charge on any atom is -0.491 e. The van der Waals surface area contributed by atoms with Gasteiger partial charge < -0.3 is 19.5 Å². The first kappa shape index (κ1) is 17.7. The third kappa shape index (κ3) is 6.56. The lowest BCUT2D eigenvalue weighted by Crippen LogP contribution is -2.51. The third-order valence-electron chi connectivity index (χ3n) is 3.71. The van der Waals surface area contributed by atoms with Gasteiger partial charge in [-0.25, -0.2) is 0 Å². The molecule has 0 aromatic heterocycles. The van der Waals surface area contributed by atoms with Crippen LogP contribution in [0.3, 0.4) is 0 Å². The highest BCUT2D eigenvalue weighted by atomic mass is 16.5. The van der Waals surface area contributed by atoms with E-state index in [1.807, 2.05) is 35.2 Å². The second-order valence-corrected chi connectivity index (χ2v) is 5.74. The van der Waals surface area contributed by atoms with Gasteiger partial charge in [-0.15, -0.1) is 0 Å². The fourth-order valence-corrected chi connectivity index (χ4v) is 2.54. The lowest BCUT2D eigenvalue weighted by molar-refractivity contribution is -0.138. The molecule has 1 fully saturated rings. The fourth-order valence-electron chi connectivity index (χ4n) is 2.54. The van der Waals surface area contributed by atoms with Gasteiger partial charge in [0.05, 0.1) is 12.7 Å². The molecular weight excluding hydrogens is 296 g/mol. The maximum atomic E-state index is 12.1. The number of β-amino-alcohol motifs (C(OH)–C–C–N with tert-alkyl or cyclic N) is 1. The number of amides is 1. The Kier molecular flexibility index (Phi) is 7.32. The standard InChI is InChI=1S/C17H26N2O4/c1-15(20)13-18-7-9-19(10-8-18)17(21)14-22-11-12-23-16-5-3-2-4-6-16/h2-6,15,20H,7-14H2,1H3/t15-/m0/s1. The molecule has 0 radical (unpaired) electrons. The lowest BCUT2D eigenvalue weighted by atomic mass is 10.2. The SMILES string of the molecule is C[C@H](O)CN1CCN(C(=O)COCCOc2ccccc2)CC1. The van der Waals surface area contributed by atoms with E-state index in [1.54, 1.807) is 6.92 Å². The van der Waals surface area contributed by atoms with E-state index in [4.69, 9.17) is 9.47 Å². The Labute approximate surface area is 137 Å². The number of aliphatic hydroxyl groups excluding tert-OH is 1. The molecule has 0 bridgehead atoms. The number of para-hydroxylation sites is 1. The number of carbonyl (C=O) groups excluding carboxylic acids is 1. The van der Waals surface area contributed by atoms with E-state index in [1.165, 1.54) is 0 Å². The van der Waals surface area contributed by atoms with E-state index in [-0.39, 0.29) is 18.6 Å². The van der Waals surface area contributed by atoms with Crippen LogP contribution < -0.4 is 4.74 Å². The highest BCUT2D eigenvalue weighted by molar-refractivity contribution is 5.77. The van der Waals surface area contributed by atoms with Crippen LogP contribution in [0, 0.1) is 0 Å². The van der Waals surface area contributed by atoms with Gasteiger partial charge in [-0.2, -0.15) is 0 Å². The smallest absolute Gasteiger partial charge is 0.248 e. The van der Waals surface area contributed by atoms with Crippen molar-refractivity contribution < 1.29 is 19.4 Å². The summed E-state index contributed by atoms with van der Waals surface area (Å²) in [5.41, 5.74) is 0. The first-order valence-corrected chi connectivity index (χ1v) is 8.09. The predicted molar refractivity (Wildman–Crippen MR) is 87.5 cm³/mol. The van der Waals surface area contributed by atoms with Crippen LogP contribution in [0.25, 0.3) is 0 Å². The zero-order chi connectivity index (χ0) is 16.5. The number of carbonyl (C=O) groups is 1. The highest BCUT2D eigenvalue weighted by Crippen LogP contribution is 2.07. The summed E-state index contributed by atoms with van der Waals surface area (Å²) >= 11 is 0. The van der Waals surface area contributed by atoms with Gasteiger partial charge in [-0.05, 0) is 19.1 Å². The number of rotatable bonds is 8. The summed E-state index contributed by atoms with van der Waals surface area (Å²) in [6, 6.07) is 9.53. The Bertz CT molecular complexity index is 459. The molecular formula is C17H26N2O4. The zero-order valence-electron chi connectivity index (χ0n) is 13.7. The average Bonchev–Trinajstić information content (AvgIpc) is 2.55. The van der Waals surface area contributed by atoms with E-state index in [0.717, 1.165) is 18.8 Å². The Hall–Kier alpha value is -1.63. The minimum absolute atomic E-state index is 0.0152. The van der Waals surface area contributed by atoms with Crippen molar-refractivity contribution >= 4 is 5.91 Å². The Balaban J connectivity index is 1.55. The Morgan fingerprint density at radius 1 is 1.17 bits per heavy atom. The van der Waals surface area contributed by atoms with E-state index in [2.05, 4.69) is 4.90 Å². The normalized spacial score (nSPS) is 17.0. The van der Waals surface area contributed by atoms with Crippen LogP contribution >= 0.6 is 0 Å². The summed E-state index contributed by atoms with van der Waals surface area (Å²) < 4.78 is 10.9. The summed E-state index contributed by atoms with van der Waals surface area (Å²) in [6.45, 7) is 6.33. The maximum Gasteiger partial charge on any atom is 0.248 e. The van der Waals surface area contributed by atoms with Crippen LogP contribution in [-0.2, 0) is 9.53 Å². The number of hydrogen-bond donors (Lipinski definition) is 1. The highest BCUT2D eigenvalue weighted by Gasteiger charge is 2.21. The molecule has 0 saturated carbocycles. The van der Waals surface area contributed by atoms with Gasteiger partial charge in [0, 0.05) is 32.7 Å². The van der Waals surface area contributed by atoms with Gasteiger partial charge in [0.25, 0.3) is 0 Å². The molecule has 1 N–H and O–H groups in total. The topological polar surface area (TPSA) is 62.2 Å². The van der Waals surface area contributed by atoms with E-state index in [9.17, 15) is 9.90 Å². The van der Waals surface area contributed by atoms with Crippen molar-refractivity contribution in [3.63, 3.8) is 0 Å². The summed E-state index contributed by atoms with van der Waals surface area (Å²) in [7, 11) is 0. The zero-order valence-corrected chi connectivity index (χ0v) is 13.7. The number of nitrogens with zero attached hydrogens (tertiary/aromatic N) is 2. The number of aliphatic hydroxyl groups is 1. The quantitative estimate of drug-likeness (QED) is 0.711. The Morgan fingerprint density at radius 2 is 1.87 bits per heavy atom. The summed E-state index contributed by atoms with van der Waals surface area (Å²) in [5.74, 6) is 0.818. The van der Waals surface area contributed by atoms with Crippen LogP contribution in [-0.4, -0.2) is 79.5 Å². The fraction of sp³-hybridized carbons (Fsp3) is 0.588. The molecule has 1 saturated heterocycles. The van der Waals surface area contributed by atoms with Crippen LogP contribution in [0.4, 0.5) is 0 Å². The average molecular weight is 322 g/mol. The molecule has 0 spiro atoms. The molecule has 0 aliphatic carbocycles. The molecule has 2 rings (SSSR count). The molecule has 1 aliphatic rings. The molecule has 1 aromatic rings. The number of hydrogen-bond acceptors (Lipinski definition) is 5. The molecule has 1 atom stereocenters. The summed E-state index contributed by atoms with van der Waals surface area (Å²) in [6.07, 6.45) is -0.329. The van der Waals surface area contributed by atoms with Crippen molar-refractivity contribution in [2.75, 3.05) is 52.5 Å². The van der Waals surface area contributed by atoms with Gasteiger partial charge in [-0.1, -0.05) is 18.2 Å². The van der Waals surface area contributed by atoms with Gasteiger partial charge in [-0.3, -0.25) is 9.69 Å². The Morgan fingerprint density at radius 3 is 2.52 bits per heavy atom. The predicted octanol–water partition coefficient (Wildman–Crippen LogP) is 0.607. The molecule has 1 aliphatic heterocycles. The molecule has 128 valence electrons. The molecule has 1 amide bonds. The van der Waals surface area contributed by atoms with E-state index in [0.29, 0.717) is 32.8 Å². The van der Waals surface area contributed by atoms with Crippen molar-refractivity contribution in [1.82, 2.24) is 9.80 Å². The van der Waals surface area contributed by atoms with E-state index >= 15 is 0 Å². The van der Waals surface area contributed by atoms with Crippen LogP contribution in [0.1, 0.15) is 6.92 Å². The number of ether oxygens (including phenoxy) is 2. The lowest BCUT2D eigenvalue weighted by Gasteiger charge is -2.35. The third-order valence-corrected chi connectivity index (χ3v) is 3.71. The molecule has 23 heavy (non-hydrogen) atoms. The van der Waals surface area contributed by atoms with Gasteiger partial charge in [0.2, 0.25) is 5.91 Å². The largest absolute Gasteiger partial charge is 0.491 e. The van der Waals surface area contributed by atoms with Crippen molar-refractivity contribution in [2.45, 2.75) is 13.0 Å². The molecule has 0 unspecified atom stereocenters. The number of piperazine rings is 1. The van der Waals surface area contributed by atoms with Gasteiger partial charge in [0.1, 0.15) is 19.0 Å². The molecule has 6 heteroatoms. The van der Waals surface area contributed by atoms with Crippen LogP contribution in [0.5, 0.6) is 5.75 Å². The van der Waals surface area contributed by atoms with Crippen molar-refractivity contribution in [2.24, 2.45) is 0 Å². The second kappa shape index (κ2) is 9.50. The second-order valence-electron chi connectivity index (χ2n) is 5.74. The molecule has 6 nitrogen and oxygen atoms in total. The maximum absolute atomic E-state index is 12.1. The van der Waals surface area contributed by atoms with Gasteiger partial charge in [0.15, 0.2) is 0 Å². The van der Waals surface area contributed by atoms with Crippen molar-refractivity contribution in [3.8, 4) is 5.75 Å². The number of benzene rings is 1. The summed E-state index contributed by atoms with van der Waals surface area (Å²) in [4.78, 5) is 16.0. The van der Waals surface area contributed by atoms with Crippen LogP contribution in [0.2, 0.25) is 0 Å². The summed E-state index contributed by atoms with van der Waals surface area (Å²) in [5, 5.41) is 9.37. The minimum atomic E-state index is -0.329. The first-order valence-electron chi connectivity index (χ1n) is 8.09. The van der Waals surface area contributed by atoms with Crippen LogP contribution in [0.15, 0.2) is 30.3 Å².